The van der Waals surface area contributed by atoms with Crippen LogP contribution in [0.2, 0.25) is 5.02 Å². The van der Waals surface area contributed by atoms with Crippen LogP contribution in [0.4, 0.5) is 0 Å². The van der Waals surface area contributed by atoms with Crippen LogP contribution in [0.15, 0.2) is 66.9 Å². The minimum Gasteiger partial charge on any atom is -0.232 e. The van der Waals surface area contributed by atoms with Crippen molar-refractivity contribution in [1.29, 1.82) is 0 Å². The van der Waals surface area contributed by atoms with Crippen LogP contribution in [-0.2, 0) is 0 Å². The first kappa shape index (κ1) is 11.1. The molecule has 0 aliphatic carbocycles. The molecule has 0 saturated carbocycles. The Bertz CT molecular complexity index is 645. The summed E-state index contributed by atoms with van der Waals surface area (Å²) in [7, 11) is 0. The van der Waals surface area contributed by atoms with E-state index in [-0.39, 0.29) is 0 Å². The molecule has 18 heavy (non-hydrogen) atoms. The molecule has 2 nitrogen and oxygen atoms in total. The minimum atomic E-state index is 0.657. The highest BCUT2D eigenvalue weighted by atomic mass is 35.5. The van der Waals surface area contributed by atoms with Gasteiger partial charge in [0.05, 0.1) is 22.6 Å². The van der Waals surface area contributed by atoms with Crippen LogP contribution in [-0.4, -0.2) is 9.78 Å². The number of aromatic nitrogens is 2. The third kappa shape index (κ3) is 1.91. The van der Waals surface area contributed by atoms with E-state index in [1.165, 1.54) is 0 Å². The van der Waals surface area contributed by atoms with Crippen LogP contribution < -0.4 is 0 Å². The average Bonchev–Trinajstić information content (AvgIpc) is 2.83. The lowest BCUT2D eigenvalue weighted by atomic mass is 10.1. The summed E-state index contributed by atoms with van der Waals surface area (Å²) in [5.74, 6) is 0. The topological polar surface area (TPSA) is 17.8 Å². The highest BCUT2D eigenvalue weighted by Gasteiger charge is 2.12. The second kappa shape index (κ2) is 4.67. The molecule has 3 aromatic rings. The highest BCUT2D eigenvalue weighted by molar-refractivity contribution is 6.33. The molecule has 1 aromatic heterocycles. The third-order valence-corrected chi connectivity index (χ3v) is 3.05. The summed E-state index contributed by atoms with van der Waals surface area (Å²) < 4.78 is 1.86. The Kier molecular flexibility index (Phi) is 2.87. The Balaban J connectivity index is 2.19. The number of benzene rings is 2. The van der Waals surface area contributed by atoms with Gasteiger partial charge < -0.3 is 0 Å². The van der Waals surface area contributed by atoms with Gasteiger partial charge in [-0.25, -0.2) is 4.68 Å². The Morgan fingerprint density at radius 2 is 1.44 bits per heavy atom. The lowest BCUT2D eigenvalue weighted by molar-refractivity contribution is 0.888. The monoisotopic (exact) mass is 254 g/mol. The van der Waals surface area contributed by atoms with Gasteiger partial charge in [0.1, 0.15) is 0 Å². The lowest BCUT2D eigenvalue weighted by Crippen LogP contribution is -1.98. The van der Waals surface area contributed by atoms with Gasteiger partial charge in [0, 0.05) is 5.56 Å². The molecule has 0 aliphatic rings. The number of rotatable bonds is 2. The molecule has 3 heteroatoms. The molecule has 0 unspecified atom stereocenters. The maximum atomic E-state index is 6.25. The molecule has 0 fully saturated rings. The Hall–Kier alpha value is -2.06. The first-order valence-electron chi connectivity index (χ1n) is 5.70. The van der Waals surface area contributed by atoms with Gasteiger partial charge in [-0.1, -0.05) is 60.1 Å². The van der Waals surface area contributed by atoms with Crippen molar-refractivity contribution in [1.82, 2.24) is 9.78 Å². The van der Waals surface area contributed by atoms with Gasteiger partial charge in [-0.15, -0.1) is 0 Å². The smallest absolute Gasteiger partial charge is 0.0927 e. The molecule has 3 rings (SSSR count). The summed E-state index contributed by atoms with van der Waals surface area (Å²) in [6, 6.07) is 20.0. The molecular weight excluding hydrogens is 244 g/mol. The van der Waals surface area contributed by atoms with Gasteiger partial charge in [-0.3, -0.25) is 0 Å². The van der Waals surface area contributed by atoms with E-state index in [4.69, 9.17) is 11.6 Å². The van der Waals surface area contributed by atoms with E-state index in [1.807, 2.05) is 65.3 Å². The number of nitrogens with zero attached hydrogens (tertiary/aromatic N) is 2. The van der Waals surface area contributed by atoms with E-state index in [2.05, 4.69) is 5.10 Å². The predicted octanol–water partition coefficient (Wildman–Crippen LogP) is 4.19. The number of halogens is 1. The van der Waals surface area contributed by atoms with Gasteiger partial charge in [0.25, 0.3) is 0 Å². The lowest BCUT2D eigenvalue weighted by Gasteiger charge is -2.07. The molecule has 0 saturated heterocycles. The fourth-order valence-electron chi connectivity index (χ4n) is 1.95. The maximum absolute atomic E-state index is 6.25. The quantitative estimate of drug-likeness (QED) is 0.670. The Morgan fingerprint density at radius 1 is 0.833 bits per heavy atom. The fourth-order valence-corrected chi connectivity index (χ4v) is 2.18. The summed E-state index contributed by atoms with van der Waals surface area (Å²) in [5.41, 5.74) is 2.98. The maximum Gasteiger partial charge on any atom is 0.0927 e. The van der Waals surface area contributed by atoms with E-state index in [9.17, 15) is 0 Å². The van der Waals surface area contributed by atoms with Crippen LogP contribution >= 0.6 is 11.6 Å². The summed E-state index contributed by atoms with van der Waals surface area (Å²) in [5, 5.41) is 5.00. The molecule has 1 heterocycles. The molecule has 0 bridgehead atoms. The van der Waals surface area contributed by atoms with Crippen molar-refractivity contribution in [3.63, 3.8) is 0 Å². The summed E-state index contributed by atoms with van der Waals surface area (Å²) in [6.07, 6.45) is 1.68. The minimum absolute atomic E-state index is 0.657. The third-order valence-electron chi connectivity index (χ3n) is 2.77. The standard InChI is InChI=1S/C15H11ClN2/c16-14-11-17-18(13-9-5-2-6-10-13)15(14)12-7-3-1-4-8-12/h1-11H. The van der Waals surface area contributed by atoms with E-state index in [0.717, 1.165) is 16.9 Å². The summed E-state index contributed by atoms with van der Waals surface area (Å²) in [4.78, 5) is 0. The SMILES string of the molecule is Clc1cnn(-c2ccccc2)c1-c1ccccc1. The predicted molar refractivity (Wildman–Crippen MR) is 74.0 cm³/mol. The molecule has 0 radical (unpaired) electrons. The first-order chi connectivity index (χ1) is 8.86. The van der Waals surface area contributed by atoms with Crippen LogP contribution in [0.1, 0.15) is 0 Å². The van der Waals surface area contributed by atoms with Gasteiger partial charge in [-0.05, 0) is 12.1 Å². The van der Waals surface area contributed by atoms with Crippen LogP contribution in [0.5, 0.6) is 0 Å². The van der Waals surface area contributed by atoms with Crippen molar-refractivity contribution in [2.45, 2.75) is 0 Å². The fraction of sp³-hybridized carbons (Fsp3) is 0. The summed E-state index contributed by atoms with van der Waals surface area (Å²) >= 11 is 6.25. The first-order valence-corrected chi connectivity index (χ1v) is 6.08. The molecule has 88 valence electrons. The molecule has 0 N–H and O–H groups in total. The zero-order valence-corrected chi connectivity index (χ0v) is 10.4. The molecule has 0 aliphatic heterocycles. The second-order valence-corrected chi connectivity index (χ2v) is 4.36. The van der Waals surface area contributed by atoms with Crippen LogP contribution in [0.3, 0.4) is 0 Å². The molecule has 0 spiro atoms. The Labute approximate surface area is 110 Å². The average molecular weight is 255 g/mol. The van der Waals surface area contributed by atoms with E-state index in [0.29, 0.717) is 5.02 Å². The molecule has 0 atom stereocenters. The zero-order chi connectivity index (χ0) is 12.4. The van der Waals surface area contributed by atoms with Gasteiger partial charge >= 0.3 is 0 Å². The van der Waals surface area contributed by atoms with Crippen molar-refractivity contribution < 1.29 is 0 Å². The van der Waals surface area contributed by atoms with E-state index >= 15 is 0 Å². The highest BCUT2D eigenvalue weighted by Crippen LogP contribution is 2.29. The largest absolute Gasteiger partial charge is 0.232 e. The van der Waals surface area contributed by atoms with Crippen LogP contribution in [0, 0.1) is 0 Å². The zero-order valence-electron chi connectivity index (χ0n) is 9.62. The second-order valence-electron chi connectivity index (χ2n) is 3.95. The van der Waals surface area contributed by atoms with Crippen LogP contribution in [0.25, 0.3) is 16.9 Å². The van der Waals surface area contributed by atoms with E-state index in [1.54, 1.807) is 6.20 Å². The van der Waals surface area contributed by atoms with Gasteiger partial charge in [-0.2, -0.15) is 5.10 Å². The van der Waals surface area contributed by atoms with Crippen molar-refractivity contribution in [2.75, 3.05) is 0 Å². The van der Waals surface area contributed by atoms with Crippen molar-refractivity contribution >= 4 is 11.6 Å². The van der Waals surface area contributed by atoms with E-state index < -0.39 is 0 Å². The van der Waals surface area contributed by atoms with Gasteiger partial charge in [0.2, 0.25) is 0 Å². The van der Waals surface area contributed by atoms with Gasteiger partial charge in [0.15, 0.2) is 0 Å². The number of para-hydroxylation sites is 1. The normalized spacial score (nSPS) is 10.5. The molecule has 0 amide bonds. The molecular formula is C15H11ClN2. The Morgan fingerprint density at radius 3 is 2.11 bits per heavy atom. The van der Waals surface area contributed by atoms with Crippen molar-refractivity contribution in [3.8, 4) is 16.9 Å². The molecule has 2 aromatic carbocycles. The summed E-state index contributed by atoms with van der Waals surface area (Å²) in [6.45, 7) is 0. The number of hydrogen-bond acceptors (Lipinski definition) is 1. The van der Waals surface area contributed by atoms with Crippen molar-refractivity contribution in [2.24, 2.45) is 0 Å². The van der Waals surface area contributed by atoms with Crippen molar-refractivity contribution in [3.05, 3.63) is 71.9 Å². The number of hydrogen-bond donors (Lipinski definition) is 0.